The van der Waals surface area contributed by atoms with Gasteiger partial charge in [0.25, 0.3) is 0 Å². The summed E-state index contributed by atoms with van der Waals surface area (Å²) in [5, 5.41) is 12.6. The van der Waals surface area contributed by atoms with Crippen molar-refractivity contribution in [1.82, 2.24) is 19.9 Å². The lowest BCUT2D eigenvalue weighted by Crippen LogP contribution is -2.09. The summed E-state index contributed by atoms with van der Waals surface area (Å²) in [5.41, 5.74) is 12.3. The van der Waals surface area contributed by atoms with Gasteiger partial charge in [0.15, 0.2) is 11.6 Å². The Kier molecular flexibility index (Phi) is 7.89. The topological polar surface area (TPSA) is 112 Å². The Morgan fingerprint density at radius 3 is 1.54 bits per heavy atom. The molecule has 0 bridgehead atoms. The first-order valence-corrected chi connectivity index (χ1v) is 12.4. The van der Waals surface area contributed by atoms with Crippen LogP contribution in [0.15, 0.2) is 120 Å². The SMILES string of the molecule is C/C(=N\Nc1nc(Nc2ccccc2)nc(N/N=C(\C)c2ccncc2)c1-c1ccccc1)c1ccncc1. The molecule has 9 heteroatoms. The third-order valence-corrected chi connectivity index (χ3v) is 5.86. The van der Waals surface area contributed by atoms with Gasteiger partial charge in [0.05, 0.1) is 17.0 Å². The van der Waals surface area contributed by atoms with E-state index >= 15 is 0 Å². The molecule has 3 aromatic heterocycles. The lowest BCUT2D eigenvalue weighted by atomic mass is 10.1. The van der Waals surface area contributed by atoms with Crippen LogP contribution < -0.4 is 16.2 Å². The fourth-order valence-electron chi connectivity index (χ4n) is 3.80. The molecular weight excluding hydrogens is 486 g/mol. The maximum absolute atomic E-state index is 4.81. The Morgan fingerprint density at radius 2 is 1.05 bits per heavy atom. The van der Waals surface area contributed by atoms with Crippen molar-refractivity contribution in [2.45, 2.75) is 13.8 Å². The molecule has 0 saturated heterocycles. The predicted molar refractivity (Wildman–Crippen MR) is 157 cm³/mol. The minimum absolute atomic E-state index is 0.388. The number of rotatable bonds is 9. The van der Waals surface area contributed by atoms with Crippen LogP contribution in [0, 0.1) is 0 Å². The molecule has 0 unspecified atom stereocenters. The van der Waals surface area contributed by atoms with Crippen LogP contribution in [-0.2, 0) is 0 Å². The first-order chi connectivity index (χ1) is 19.2. The van der Waals surface area contributed by atoms with Gasteiger partial charge >= 0.3 is 0 Å². The number of nitrogens with zero attached hydrogens (tertiary/aromatic N) is 6. The monoisotopic (exact) mass is 513 g/mol. The zero-order chi connectivity index (χ0) is 26.9. The minimum Gasteiger partial charge on any atom is -0.324 e. The smallest absolute Gasteiger partial charge is 0.231 e. The van der Waals surface area contributed by atoms with Crippen molar-refractivity contribution in [2.75, 3.05) is 16.2 Å². The Labute approximate surface area is 226 Å². The van der Waals surface area contributed by atoms with Gasteiger partial charge in [-0.15, -0.1) is 0 Å². The van der Waals surface area contributed by atoms with Crippen LogP contribution in [0.3, 0.4) is 0 Å². The zero-order valence-electron chi connectivity index (χ0n) is 21.6. The molecule has 0 spiro atoms. The number of pyridine rings is 2. The lowest BCUT2D eigenvalue weighted by molar-refractivity contribution is 1.12. The van der Waals surface area contributed by atoms with Crippen molar-refractivity contribution in [3.63, 3.8) is 0 Å². The van der Waals surface area contributed by atoms with Crippen LogP contribution >= 0.6 is 0 Å². The molecule has 0 radical (unpaired) electrons. The van der Waals surface area contributed by atoms with Crippen LogP contribution in [0.4, 0.5) is 23.3 Å². The predicted octanol–water partition coefficient (Wildman–Crippen LogP) is 6.35. The van der Waals surface area contributed by atoms with E-state index in [9.17, 15) is 0 Å². The van der Waals surface area contributed by atoms with Crippen molar-refractivity contribution in [3.05, 3.63) is 121 Å². The van der Waals surface area contributed by atoms with Crippen LogP contribution in [0.25, 0.3) is 11.1 Å². The van der Waals surface area contributed by atoms with Gasteiger partial charge in [-0.25, -0.2) is 0 Å². The van der Waals surface area contributed by atoms with E-state index in [1.54, 1.807) is 24.8 Å². The third-order valence-electron chi connectivity index (χ3n) is 5.86. The largest absolute Gasteiger partial charge is 0.324 e. The molecule has 0 aliphatic heterocycles. The molecule has 3 N–H and O–H groups in total. The van der Waals surface area contributed by atoms with E-state index in [1.165, 1.54) is 0 Å². The van der Waals surface area contributed by atoms with E-state index in [-0.39, 0.29) is 0 Å². The average Bonchev–Trinajstić information content (AvgIpc) is 3.00. The van der Waals surface area contributed by atoms with Gasteiger partial charge in [0.2, 0.25) is 5.95 Å². The van der Waals surface area contributed by atoms with Crippen LogP contribution in [0.5, 0.6) is 0 Å². The van der Waals surface area contributed by atoms with Crippen LogP contribution in [0.1, 0.15) is 25.0 Å². The molecule has 192 valence electrons. The molecule has 0 fully saturated rings. The molecule has 0 saturated carbocycles. The molecule has 0 atom stereocenters. The van der Waals surface area contributed by atoms with Gasteiger partial charge in [0, 0.05) is 41.6 Å². The third kappa shape index (κ3) is 6.47. The van der Waals surface area contributed by atoms with E-state index < -0.39 is 0 Å². The summed E-state index contributed by atoms with van der Waals surface area (Å²) in [6.45, 7) is 3.85. The number of hydrogen-bond acceptors (Lipinski definition) is 9. The summed E-state index contributed by atoms with van der Waals surface area (Å²) in [4.78, 5) is 17.8. The van der Waals surface area contributed by atoms with Crippen molar-refractivity contribution < 1.29 is 0 Å². The number of aromatic nitrogens is 4. The van der Waals surface area contributed by atoms with Gasteiger partial charge < -0.3 is 5.32 Å². The van der Waals surface area contributed by atoms with Crippen LogP contribution in [-0.4, -0.2) is 31.4 Å². The first kappa shape index (κ1) is 25.2. The number of hydrogen-bond donors (Lipinski definition) is 3. The molecule has 0 aliphatic carbocycles. The fraction of sp³-hybridized carbons (Fsp3) is 0.0667. The van der Waals surface area contributed by atoms with Gasteiger partial charge in [-0.1, -0.05) is 48.5 Å². The second-order valence-corrected chi connectivity index (χ2v) is 8.57. The summed E-state index contributed by atoms with van der Waals surface area (Å²) < 4.78 is 0. The number of nitrogens with one attached hydrogen (secondary N) is 3. The van der Waals surface area contributed by atoms with Crippen molar-refractivity contribution in [1.29, 1.82) is 0 Å². The standard InChI is InChI=1S/C30H27N9/c1-21(23-13-17-31-18-14-23)36-38-28-27(25-9-5-3-6-10-25)29(39-37-22(2)24-15-19-32-20-16-24)35-30(34-28)33-26-11-7-4-8-12-26/h3-20H,1-2H3,(H3,33,34,35,38,39)/b36-21+,37-22+. The number of benzene rings is 2. The highest BCUT2D eigenvalue weighted by Gasteiger charge is 2.17. The number of anilines is 4. The zero-order valence-corrected chi connectivity index (χ0v) is 21.6. The lowest BCUT2D eigenvalue weighted by Gasteiger charge is -2.16. The Balaban J connectivity index is 1.60. The van der Waals surface area contributed by atoms with E-state index in [1.807, 2.05) is 98.8 Å². The van der Waals surface area contributed by atoms with E-state index in [0.29, 0.717) is 17.6 Å². The van der Waals surface area contributed by atoms with E-state index in [4.69, 9.17) is 9.97 Å². The summed E-state index contributed by atoms with van der Waals surface area (Å²) in [5.74, 6) is 1.42. The Morgan fingerprint density at radius 1 is 0.590 bits per heavy atom. The Bertz CT molecular complexity index is 1490. The number of hydrazone groups is 2. The van der Waals surface area contributed by atoms with Gasteiger partial charge in [-0.05, 0) is 55.8 Å². The second kappa shape index (κ2) is 12.2. The molecule has 0 aliphatic rings. The van der Waals surface area contributed by atoms with Crippen molar-refractivity contribution in [2.24, 2.45) is 10.2 Å². The summed E-state index contributed by atoms with van der Waals surface area (Å²) >= 11 is 0. The molecule has 9 nitrogen and oxygen atoms in total. The summed E-state index contributed by atoms with van der Waals surface area (Å²) in [6, 6.07) is 27.3. The Hall–Kier alpha value is -5.44. The highest BCUT2D eigenvalue weighted by Crippen LogP contribution is 2.35. The van der Waals surface area contributed by atoms with E-state index in [2.05, 4.69) is 36.3 Å². The normalized spacial score (nSPS) is 11.6. The second-order valence-electron chi connectivity index (χ2n) is 8.57. The van der Waals surface area contributed by atoms with Gasteiger partial charge in [-0.3, -0.25) is 20.8 Å². The van der Waals surface area contributed by atoms with E-state index in [0.717, 1.165) is 39.4 Å². The molecular formula is C30H27N9. The van der Waals surface area contributed by atoms with Crippen molar-refractivity contribution in [3.8, 4) is 11.1 Å². The van der Waals surface area contributed by atoms with Gasteiger partial charge in [-0.2, -0.15) is 20.2 Å². The molecule has 5 aromatic rings. The molecule has 3 heterocycles. The van der Waals surface area contributed by atoms with Gasteiger partial charge in [0.1, 0.15) is 0 Å². The molecule has 0 amide bonds. The molecule has 2 aromatic carbocycles. The van der Waals surface area contributed by atoms with Crippen LogP contribution in [0.2, 0.25) is 0 Å². The minimum atomic E-state index is 0.388. The summed E-state index contributed by atoms with van der Waals surface area (Å²) in [6.07, 6.45) is 6.95. The maximum Gasteiger partial charge on any atom is 0.231 e. The fourth-order valence-corrected chi connectivity index (χ4v) is 3.80. The first-order valence-electron chi connectivity index (χ1n) is 12.4. The maximum atomic E-state index is 4.81. The highest BCUT2D eigenvalue weighted by atomic mass is 15.4. The molecule has 5 rings (SSSR count). The molecule has 39 heavy (non-hydrogen) atoms. The quantitative estimate of drug-likeness (QED) is 0.155. The summed E-state index contributed by atoms with van der Waals surface area (Å²) in [7, 11) is 0. The highest BCUT2D eigenvalue weighted by molar-refractivity contribution is 6.00. The average molecular weight is 514 g/mol. The number of para-hydroxylation sites is 1. The van der Waals surface area contributed by atoms with Crippen molar-refractivity contribution >= 4 is 34.7 Å².